The van der Waals surface area contributed by atoms with Crippen LogP contribution in [0, 0.1) is 0 Å². The lowest BCUT2D eigenvalue weighted by atomic mass is 10.2. The third-order valence-electron chi connectivity index (χ3n) is 1.30. The molecular formula is C10H12BrN2O2-. The zero-order chi connectivity index (χ0) is 11.5. The first-order valence-electron chi connectivity index (χ1n) is 4.44. The predicted octanol–water partition coefficient (Wildman–Crippen LogP) is 2.01. The molecule has 0 saturated carbocycles. The van der Waals surface area contributed by atoms with E-state index in [1.807, 2.05) is 0 Å². The molecule has 0 atom stereocenters. The van der Waals surface area contributed by atoms with Gasteiger partial charge in [-0.05, 0) is 28.1 Å². The van der Waals surface area contributed by atoms with Crippen molar-refractivity contribution in [3.8, 4) is 0 Å². The summed E-state index contributed by atoms with van der Waals surface area (Å²) in [5.74, 6) is 0.332. The average molecular weight is 272 g/mol. The Morgan fingerprint density at radius 3 is 2.67 bits per heavy atom. The Hall–Kier alpha value is -1.10. The van der Waals surface area contributed by atoms with Crippen molar-refractivity contribution in [2.45, 2.75) is 26.4 Å². The summed E-state index contributed by atoms with van der Waals surface area (Å²) in [7, 11) is 0. The van der Waals surface area contributed by atoms with Gasteiger partial charge in [-0.15, -0.1) is 0 Å². The largest absolute Gasteiger partial charge is 0.594 e. The van der Waals surface area contributed by atoms with Crippen LogP contribution in [0.1, 0.15) is 20.8 Å². The summed E-state index contributed by atoms with van der Waals surface area (Å²) in [5.41, 5.74) is -0.535. The molecule has 82 valence electrons. The molecule has 0 spiro atoms. The highest BCUT2D eigenvalue weighted by Gasteiger charge is 2.04. The molecule has 1 aromatic rings. The maximum atomic E-state index is 11.3. The first-order valence-corrected chi connectivity index (χ1v) is 5.23. The molecule has 0 amide bonds. The van der Waals surface area contributed by atoms with Crippen LogP contribution in [0.4, 0.5) is 5.82 Å². The Bertz CT molecular complexity index is 372. The molecule has 4 nitrogen and oxygen atoms in total. The van der Waals surface area contributed by atoms with Crippen molar-refractivity contribution in [1.29, 1.82) is 0 Å². The van der Waals surface area contributed by atoms with Crippen LogP contribution in [0.3, 0.4) is 0 Å². The number of ether oxygens (including phenoxy) is 1. The molecule has 0 radical (unpaired) electrons. The van der Waals surface area contributed by atoms with Gasteiger partial charge in [-0.1, -0.05) is 26.8 Å². The summed E-state index contributed by atoms with van der Waals surface area (Å²) in [6, 6.07) is 5.14. The topological polar surface area (TPSA) is 57.5 Å². The van der Waals surface area contributed by atoms with Crippen LogP contribution < -0.4 is 5.11 Å². The van der Waals surface area contributed by atoms with Crippen LogP contribution in [0.15, 0.2) is 27.8 Å². The van der Waals surface area contributed by atoms with Crippen LogP contribution in [-0.2, 0) is 4.74 Å². The smallest absolute Gasteiger partial charge is 0.155 e. The standard InChI is InChI=1S/C10H13BrN2O2/c1-10(2,3)15-9(14)13-8-6-4-5-7(11)12-8/h4-6H,1-3H3,(H,12,13,14)/p-1. The van der Waals surface area contributed by atoms with Gasteiger partial charge in [-0.25, -0.2) is 9.98 Å². The third-order valence-corrected chi connectivity index (χ3v) is 1.74. The maximum absolute atomic E-state index is 11.3. The molecule has 1 rings (SSSR count). The number of halogens is 1. The van der Waals surface area contributed by atoms with E-state index >= 15 is 0 Å². The number of rotatable bonds is 1. The predicted molar refractivity (Wildman–Crippen MR) is 59.9 cm³/mol. The summed E-state index contributed by atoms with van der Waals surface area (Å²) >= 11 is 3.19. The van der Waals surface area contributed by atoms with Crippen molar-refractivity contribution >= 4 is 27.8 Å². The van der Waals surface area contributed by atoms with Gasteiger partial charge >= 0.3 is 0 Å². The van der Waals surface area contributed by atoms with Gasteiger partial charge in [-0.3, -0.25) is 0 Å². The van der Waals surface area contributed by atoms with Crippen LogP contribution >= 0.6 is 15.9 Å². The molecule has 0 N–H and O–H groups in total. The first-order chi connectivity index (χ1) is 6.87. The highest BCUT2D eigenvalue weighted by atomic mass is 79.9. The fourth-order valence-corrected chi connectivity index (χ4v) is 1.17. The lowest BCUT2D eigenvalue weighted by Crippen LogP contribution is -2.31. The quantitative estimate of drug-likeness (QED) is 0.446. The van der Waals surface area contributed by atoms with E-state index in [9.17, 15) is 5.11 Å². The molecule has 0 unspecified atom stereocenters. The molecule has 0 aliphatic carbocycles. The number of hydrogen-bond acceptors (Lipinski definition) is 4. The number of nitrogens with zero attached hydrogens (tertiary/aromatic N) is 2. The summed E-state index contributed by atoms with van der Waals surface area (Å²) < 4.78 is 5.65. The minimum Gasteiger partial charge on any atom is -0.594 e. The number of aromatic nitrogens is 1. The minimum atomic E-state index is -0.631. The molecule has 1 aromatic heterocycles. The van der Waals surface area contributed by atoms with Crippen molar-refractivity contribution in [2.24, 2.45) is 4.99 Å². The summed E-state index contributed by atoms with van der Waals surface area (Å²) in [4.78, 5) is 7.70. The highest BCUT2D eigenvalue weighted by Crippen LogP contribution is 2.14. The molecule has 0 aliphatic heterocycles. The Balaban J connectivity index is 2.79. The van der Waals surface area contributed by atoms with Crippen molar-refractivity contribution in [3.05, 3.63) is 22.8 Å². The molecule has 0 fully saturated rings. The fraction of sp³-hybridized carbons (Fsp3) is 0.400. The summed E-state index contributed by atoms with van der Waals surface area (Å²) in [6.07, 6.45) is -0.631. The van der Waals surface area contributed by atoms with Gasteiger partial charge in [0.05, 0.1) is 0 Å². The van der Waals surface area contributed by atoms with E-state index in [-0.39, 0.29) is 0 Å². The molecule has 0 bridgehead atoms. The second kappa shape index (κ2) is 4.61. The van der Waals surface area contributed by atoms with Gasteiger partial charge in [0.2, 0.25) is 0 Å². The van der Waals surface area contributed by atoms with Gasteiger partial charge in [0.15, 0.2) is 11.9 Å². The Morgan fingerprint density at radius 2 is 2.13 bits per heavy atom. The zero-order valence-electron chi connectivity index (χ0n) is 8.82. The first kappa shape index (κ1) is 12.0. The second-order valence-corrected chi connectivity index (χ2v) is 4.72. The monoisotopic (exact) mass is 271 g/mol. The van der Waals surface area contributed by atoms with Crippen molar-refractivity contribution < 1.29 is 9.84 Å². The highest BCUT2D eigenvalue weighted by molar-refractivity contribution is 9.10. The van der Waals surface area contributed by atoms with Crippen LogP contribution in [0.25, 0.3) is 0 Å². The number of aliphatic imine (C=N–C) groups is 1. The number of hydrogen-bond donors (Lipinski definition) is 0. The molecule has 15 heavy (non-hydrogen) atoms. The second-order valence-electron chi connectivity index (χ2n) is 3.91. The molecule has 0 aromatic carbocycles. The summed E-state index contributed by atoms with van der Waals surface area (Å²) in [5, 5.41) is 11.3. The third kappa shape index (κ3) is 4.78. The van der Waals surface area contributed by atoms with Gasteiger partial charge in [0.1, 0.15) is 4.60 Å². The average Bonchev–Trinajstić information content (AvgIpc) is 1.99. The van der Waals surface area contributed by atoms with Crippen LogP contribution in [0.2, 0.25) is 0 Å². The summed E-state index contributed by atoms with van der Waals surface area (Å²) in [6.45, 7) is 5.36. The SMILES string of the molecule is CC(C)(C)OC([O-])=Nc1cccc(Br)n1. The Labute approximate surface area is 97.1 Å². The van der Waals surface area contributed by atoms with E-state index in [0.29, 0.717) is 10.4 Å². The van der Waals surface area contributed by atoms with E-state index in [4.69, 9.17) is 4.74 Å². The lowest BCUT2D eigenvalue weighted by molar-refractivity contribution is -0.259. The van der Waals surface area contributed by atoms with E-state index in [2.05, 4.69) is 25.9 Å². The number of pyridine rings is 1. The maximum Gasteiger partial charge on any atom is 0.155 e. The van der Waals surface area contributed by atoms with Crippen LogP contribution in [-0.4, -0.2) is 16.7 Å². The Morgan fingerprint density at radius 1 is 1.47 bits per heavy atom. The normalized spacial score (nSPS) is 12.7. The molecule has 0 aliphatic rings. The molecular weight excluding hydrogens is 260 g/mol. The molecule has 0 saturated heterocycles. The van der Waals surface area contributed by atoms with E-state index in [0.717, 1.165) is 0 Å². The van der Waals surface area contributed by atoms with Gasteiger partial charge < -0.3 is 9.84 Å². The fourth-order valence-electron chi connectivity index (χ4n) is 0.838. The molecule has 1 heterocycles. The van der Waals surface area contributed by atoms with Gasteiger partial charge in [-0.2, -0.15) is 0 Å². The van der Waals surface area contributed by atoms with E-state index < -0.39 is 11.7 Å². The van der Waals surface area contributed by atoms with E-state index in [1.165, 1.54) is 0 Å². The van der Waals surface area contributed by atoms with Gasteiger partial charge in [0.25, 0.3) is 0 Å². The van der Waals surface area contributed by atoms with Crippen LogP contribution in [0.5, 0.6) is 0 Å². The van der Waals surface area contributed by atoms with Gasteiger partial charge in [0, 0.05) is 5.60 Å². The lowest BCUT2D eigenvalue weighted by Gasteiger charge is -2.29. The Kier molecular flexibility index (Phi) is 3.68. The van der Waals surface area contributed by atoms with E-state index in [1.54, 1.807) is 39.0 Å². The van der Waals surface area contributed by atoms with Crippen molar-refractivity contribution in [2.75, 3.05) is 0 Å². The van der Waals surface area contributed by atoms with Crippen molar-refractivity contribution in [1.82, 2.24) is 4.98 Å². The van der Waals surface area contributed by atoms with Crippen molar-refractivity contribution in [3.63, 3.8) is 0 Å². The zero-order valence-corrected chi connectivity index (χ0v) is 10.4. The molecule has 5 heteroatoms. The minimum absolute atomic E-state index is 0.332.